The van der Waals surface area contributed by atoms with Gasteiger partial charge in [0.15, 0.2) is 5.78 Å². The van der Waals surface area contributed by atoms with Crippen molar-refractivity contribution in [3.63, 3.8) is 0 Å². The zero-order chi connectivity index (χ0) is 14.5. The minimum atomic E-state index is -0.0306. The molecule has 2 aromatic carbocycles. The first-order chi connectivity index (χ1) is 9.56. The summed E-state index contributed by atoms with van der Waals surface area (Å²) in [6, 6.07) is 14.9. The SMILES string of the molecule is CN(C)c1cccc(C=CC(=O)c2ccc(Cl)cc2)c1. The normalized spacial score (nSPS) is 10.8. The molecule has 0 aliphatic heterocycles. The van der Waals surface area contributed by atoms with Gasteiger partial charge in [-0.2, -0.15) is 0 Å². The molecule has 2 rings (SSSR count). The van der Waals surface area contributed by atoms with Gasteiger partial charge in [-0.05, 0) is 48.0 Å². The van der Waals surface area contributed by atoms with Crippen molar-refractivity contribution < 1.29 is 4.79 Å². The van der Waals surface area contributed by atoms with Crippen LogP contribution in [-0.4, -0.2) is 19.9 Å². The van der Waals surface area contributed by atoms with Gasteiger partial charge in [0.25, 0.3) is 0 Å². The fourth-order valence-corrected chi connectivity index (χ4v) is 1.91. The lowest BCUT2D eigenvalue weighted by Gasteiger charge is -2.12. The number of hydrogen-bond donors (Lipinski definition) is 0. The quantitative estimate of drug-likeness (QED) is 0.616. The van der Waals surface area contributed by atoms with Crippen molar-refractivity contribution in [3.05, 3.63) is 70.8 Å². The Bertz CT molecular complexity index is 630. The van der Waals surface area contributed by atoms with Crippen LogP contribution in [0.25, 0.3) is 6.08 Å². The zero-order valence-electron chi connectivity index (χ0n) is 11.5. The monoisotopic (exact) mass is 285 g/mol. The van der Waals surface area contributed by atoms with Gasteiger partial charge in [0.05, 0.1) is 0 Å². The van der Waals surface area contributed by atoms with E-state index in [2.05, 4.69) is 0 Å². The van der Waals surface area contributed by atoms with Gasteiger partial charge in [0.1, 0.15) is 0 Å². The van der Waals surface area contributed by atoms with Crippen LogP contribution in [-0.2, 0) is 0 Å². The molecule has 0 unspecified atom stereocenters. The Balaban J connectivity index is 2.14. The highest BCUT2D eigenvalue weighted by molar-refractivity contribution is 6.30. The van der Waals surface area contributed by atoms with E-state index in [4.69, 9.17) is 11.6 Å². The smallest absolute Gasteiger partial charge is 0.185 e. The van der Waals surface area contributed by atoms with Crippen LogP contribution in [0.15, 0.2) is 54.6 Å². The van der Waals surface area contributed by atoms with Crippen molar-refractivity contribution in [3.8, 4) is 0 Å². The molecule has 0 amide bonds. The number of nitrogens with zero attached hydrogens (tertiary/aromatic N) is 1. The summed E-state index contributed by atoms with van der Waals surface area (Å²) in [4.78, 5) is 14.0. The summed E-state index contributed by atoms with van der Waals surface area (Å²) in [5.74, 6) is -0.0306. The van der Waals surface area contributed by atoms with Crippen molar-refractivity contribution in [2.24, 2.45) is 0 Å². The van der Waals surface area contributed by atoms with E-state index in [-0.39, 0.29) is 5.78 Å². The minimum Gasteiger partial charge on any atom is -0.378 e. The molecule has 0 heterocycles. The third-order valence-electron chi connectivity index (χ3n) is 2.94. The van der Waals surface area contributed by atoms with E-state index in [1.807, 2.05) is 49.3 Å². The van der Waals surface area contributed by atoms with E-state index in [0.717, 1.165) is 11.3 Å². The predicted molar refractivity (Wildman–Crippen MR) is 85.6 cm³/mol. The van der Waals surface area contributed by atoms with E-state index >= 15 is 0 Å². The first-order valence-corrected chi connectivity index (χ1v) is 6.69. The average Bonchev–Trinajstić information content (AvgIpc) is 2.46. The van der Waals surface area contributed by atoms with Crippen LogP contribution >= 0.6 is 11.6 Å². The van der Waals surface area contributed by atoms with Gasteiger partial charge in [-0.15, -0.1) is 0 Å². The van der Waals surface area contributed by atoms with Gasteiger partial charge in [0, 0.05) is 30.4 Å². The fourth-order valence-electron chi connectivity index (χ4n) is 1.79. The molecule has 0 spiro atoms. The topological polar surface area (TPSA) is 20.3 Å². The first kappa shape index (κ1) is 14.4. The Labute approximate surface area is 124 Å². The second-order valence-corrected chi connectivity index (χ2v) is 5.13. The summed E-state index contributed by atoms with van der Waals surface area (Å²) >= 11 is 5.80. The van der Waals surface area contributed by atoms with Crippen LogP contribution < -0.4 is 4.90 Å². The first-order valence-electron chi connectivity index (χ1n) is 6.31. The summed E-state index contributed by atoms with van der Waals surface area (Å²) in [7, 11) is 3.98. The lowest BCUT2D eigenvalue weighted by Crippen LogP contribution is -2.08. The van der Waals surface area contributed by atoms with E-state index in [9.17, 15) is 4.79 Å². The maximum atomic E-state index is 12.0. The molecular formula is C17H16ClNO. The van der Waals surface area contributed by atoms with E-state index < -0.39 is 0 Å². The molecule has 3 heteroatoms. The number of rotatable bonds is 4. The number of carbonyl (C=O) groups excluding carboxylic acids is 1. The number of halogens is 1. The Hall–Kier alpha value is -2.06. The molecule has 0 atom stereocenters. The Morgan fingerprint density at radius 1 is 1.10 bits per heavy atom. The Kier molecular flexibility index (Phi) is 4.59. The second kappa shape index (κ2) is 6.40. The Morgan fingerprint density at radius 2 is 1.80 bits per heavy atom. The highest BCUT2D eigenvalue weighted by Crippen LogP contribution is 2.15. The number of allylic oxidation sites excluding steroid dienone is 1. The molecule has 0 N–H and O–H groups in total. The molecule has 0 bridgehead atoms. The van der Waals surface area contributed by atoms with Crippen LogP contribution in [0.4, 0.5) is 5.69 Å². The number of carbonyl (C=O) groups is 1. The average molecular weight is 286 g/mol. The van der Waals surface area contributed by atoms with E-state index in [1.165, 1.54) is 0 Å². The summed E-state index contributed by atoms with van der Waals surface area (Å²) in [5.41, 5.74) is 2.74. The van der Waals surface area contributed by atoms with Crippen molar-refractivity contribution >= 4 is 29.1 Å². The highest BCUT2D eigenvalue weighted by Gasteiger charge is 2.01. The van der Waals surface area contributed by atoms with Crippen molar-refractivity contribution in [1.29, 1.82) is 0 Å². The van der Waals surface area contributed by atoms with Gasteiger partial charge in [-0.25, -0.2) is 0 Å². The fraction of sp³-hybridized carbons (Fsp3) is 0.118. The number of benzene rings is 2. The molecule has 0 saturated heterocycles. The Morgan fingerprint density at radius 3 is 2.45 bits per heavy atom. The van der Waals surface area contributed by atoms with Gasteiger partial charge in [-0.3, -0.25) is 4.79 Å². The third-order valence-corrected chi connectivity index (χ3v) is 3.19. The van der Waals surface area contributed by atoms with Crippen molar-refractivity contribution in [1.82, 2.24) is 0 Å². The summed E-state index contributed by atoms with van der Waals surface area (Å²) < 4.78 is 0. The van der Waals surface area contributed by atoms with Crippen LogP contribution in [0.5, 0.6) is 0 Å². The number of ketones is 1. The molecule has 20 heavy (non-hydrogen) atoms. The largest absolute Gasteiger partial charge is 0.378 e. The molecule has 102 valence electrons. The van der Waals surface area contributed by atoms with Gasteiger partial charge in [0.2, 0.25) is 0 Å². The summed E-state index contributed by atoms with van der Waals surface area (Å²) in [6.07, 6.45) is 3.40. The second-order valence-electron chi connectivity index (χ2n) is 4.69. The molecular weight excluding hydrogens is 270 g/mol. The van der Waals surface area contributed by atoms with Crippen molar-refractivity contribution in [2.75, 3.05) is 19.0 Å². The summed E-state index contributed by atoms with van der Waals surface area (Å²) in [5, 5.41) is 0.629. The predicted octanol–water partition coefficient (Wildman–Crippen LogP) is 4.30. The van der Waals surface area contributed by atoms with Gasteiger partial charge < -0.3 is 4.90 Å². The highest BCUT2D eigenvalue weighted by atomic mass is 35.5. The van der Waals surface area contributed by atoms with E-state index in [1.54, 1.807) is 30.3 Å². The molecule has 2 nitrogen and oxygen atoms in total. The maximum absolute atomic E-state index is 12.0. The number of anilines is 1. The lowest BCUT2D eigenvalue weighted by atomic mass is 10.1. The van der Waals surface area contributed by atoms with Gasteiger partial charge in [-0.1, -0.05) is 29.8 Å². The van der Waals surface area contributed by atoms with Crippen LogP contribution in [0.1, 0.15) is 15.9 Å². The lowest BCUT2D eigenvalue weighted by molar-refractivity contribution is 0.104. The van der Waals surface area contributed by atoms with Crippen molar-refractivity contribution in [2.45, 2.75) is 0 Å². The molecule has 0 aliphatic carbocycles. The molecule has 2 aromatic rings. The standard InChI is InChI=1S/C17H16ClNO/c1-19(2)16-5-3-4-13(12-16)6-11-17(20)14-7-9-15(18)10-8-14/h3-12H,1-2H3. The molecule has 0 aliphatic rings. The maximum Gasteiger partial charge on any atom is 0.185 e. The van der Waals surface area contributed by atoms with Gasteiger partial charge >= 0.3 is 0 Å². The van der Waals surface area contributed by atoms with Crippen LogP contribution in [0, 0.1) is 0 Å². The third kappa shape index (κ3) is 3.72. The molecule has 0 aromatic heterocycles. The summed E-state index contributed by atoms with van der Waals surface area (Å²) in [6.45, 7) is 0. The minimum absolute atomic E-state index is 0.0306. The zero-order valence-corrected chi connectivity index (χ0v) is 12.3. The molecule has 0 radical (unpaired) electrons. The number of hydrogen-bond acceptors (Lipinski definition) is 2. The van der Waals surface area contributed by atoms with Crippen LogP contribution in [0.2, 0.25) is 5.02 Å². The molecule has 0 saturated carbocycles. The van der Waals surface area contributed by atoms with E-state index in [0.29, 0.717) is 10.6 Å². The van der Waals surface area contributed by atoms with Crippen LogP contribution in [0.3, 0.4) is 0 Å². The molecule has 0 fully saturated rings.